The van der Waals surface area contributed by atoms with Gasteiger partial charge in [0.1, 0.15) is 0 Å². The van der Waals surface area contributed by atoms with Gasteiger partial charge in [-0.05, 0) is 36.1 Å². The molecule has 25 heavy (non-hydrogen) atoms. The topological polar surface area (TPSA) is 75.6 Å². The first kappa shape index (κ1) is 17.4. The summed E-state index contributed by atoms with van der Waals surface area (Å²) in [6, 6.07) is 13.0. The predicted octanol–water partition coefficient (Wildman–Crippen LogP) is 3.29. The van der Waals surface area contributed by atoms with E-state index >= 15 is 0 Å². The van der Waals surface area contributed by atoms with Gasteiger partial charge in [0.25, 0.3) is 0 Å². The number of rotatable bonds is 5. The van der Waals surface area contributed by atoms with Gasteiger partial charge in [-0.15, -0.1) is 0 Å². The van der Waals surface area contributed by atoms with Crippen molar-refractivity contribution in [2.24, 2.45) is 5.92 Å². The zero-order valence-corrected chi connectivity index (χ0v) is 14.3. The van der Waals surface area contributed by atoms with Crippen molar-refractivity contribution in [2.45, 2.75) is 38.3 Å². The van der Waals surface area contributed by atoms with Crippen LogP contribution in [0.3, 0.4) is 0 Å². The van der Waals surface area contributed by atoms with Crippen molar-refractivity contribution >= 4 is 22.6 Å². The number of amides is 1. The van der Waals surface area contributed by atoms with Gasteiger partial charge in [-0.3, -0.25) is 9.59 Å². The highest BCUT2D eigenvalue weighted by Gasteiger charge is 2.28. The SMILES string of the molecule is CC1CC(C(=O)N[C@H](CC(=O)O)c2cccc3ccccc23)CCO1. The first-order chi connectivity index (χ1) is 12.0. The van der Waals surface area contributed by atoms with Gasteiger partial charge in [0, 0.05) is 12.5 Å². The highest BCUT2D eigenvalue weighted by atomic mass is 16.5. The third-order valence-electron chi connectivity index (χ3n) is 4.75. The maximum absolute atomic E-state index is 12.7. The lowest BCUT2D eigenvalue weighted by Crippen LogP contribution is -2.39. The highest BCUT2D eigenvalue weighted by Crippen LogP contribution is 2.28. The highest BCUT2D eigenvalue weighted by molar-refractivity contribution is 5.88. The van der Waals surface area contributed by atoms with Crippen LogP contribution in [0.25, 0.3) is 10.8 Å². The lowest BCUT2D eigenvalue weighted by atomic mass is 9.93. The molecule has 5 nitrogen and oxygen atoms in total. The largest absolute Gasteiger partial charge is 0.481 e. The molecule has 1 aliphatic rings. The number of aliphatic carboxylic acids is 1. The van der Waals surface area contributed by atoms with E-state index in [2.05, 4.69) is 5.32 Å². The van der Waals surface area contributed by atoms with Crippen molar-refractivity contribution in [3.8, 4) is 0 Å². The smallest absolute Gasteiger partial charge is 0.305 e. The number of ether oxygens (including phenoxy) is 1. The van der Waals surface area contributed by atoms with Crippen LogP contribution in [-0.2, 0) is 14.3 Å². The van der Waals surface area contributed by atoms with Crippen LogP contribution >= 0.6 is 0 Å². The van der Waals surface area contributed by atoms with Crippen molar-refractivity contribution in [1.29, 1.82) is 0 Å². The van der Waals surface area contributed by atoms with E-state index in [9.17, 15) is 14.7 Å². The fourth-order valence-electron chi connectivity index (χ4n) is 3.49. The zero-order chi connectivity index (χ0) is 17.8. The first-order valence-corrected chi connectivity index (χ1v) is 8.66. The van der Waals surface area contributed by atoms with Gasteiger partial charge in [-0.25, -0.2) is 0 Å². The minimum absolute atomic E-state index is 0.0555. The number of hydrogen-bond donors (Lipinski definition) is 2. The molecule has 0 radical (unpaired) electrons. The molecule has 0 spiro atoms. The molecule has 1 amide bonds. The molecule has 2 aromatic carbocycles. The van der Waals surface area contributed by atoms with E-state index in [-0.39, 0.29) is 24.3 Å². The molecule has 3 atom stereocenters. The molecule has 2 N–H and O–H groups in total. The summed E-state index contributed by atoms with van der Waals surface area (Å²) >= 11 is 0. The fraction of sp³-hybridized carbons (Fsp3) is 0.400. The molecular formula is C20H23NO4. The van der Waals surface area contributed by atoms with Gasteiger partial charge >= 0.3 is 5.97 Å². The van der Waals surface area contributed by atoms with Crippen molar-refractivity contribution < 1.29 is 19.4 Å². The predicted molar refractivity (Wildman–Crippen MR) is 95.2 cm³/mol. The normalized spacial score (nSPS) is 21.6. The lowest BCUT2D eigenvalue weighted by Gasteiger charge is -2.28. The van der Waals surface area contributed by atoms with Gasteiger partial charge in [0.2, 0.25) is 5.91 Å². The maximum Gasteiger partial charge on any atom is 0.305 e. The van der Waals surface area contributed by atoms with Crippen LogP contribution in [0.5, 0.6) is 0 Å². The number of carbonyl (C=O) groups excluding carboxylic acids is 1. The second-order valence-corrected chi connectivity index (χ2v) is 6.63. The summed E-state index contributed by atoms with van der Waals surface area (Å²) < 4.78 is 5.50. The van der Waals surface area contributed by atoms with E-state index in [0.717, 1.165) is 16.3 Å². The van der Waals surface area contributed by atoms with Gasteiger partial charge in [-0.1, -0.05) is 42.5 Å². The summed E-state index contributed by atoms with van der Waals surface area (Å²) in [6.07, 6.45) is 1.26. The zero-order valence-electron chi connectivity index (χ0n) is 14.3. The van der Waals surface area contributed by atoms with Crippen LogP contribution in [0, 0.1) is 5.92 Å². The molecule has 3 rings (SSSR count). The van der Waals surface area contributed by atoms with Crippen molar-refractivity contribution in [3.63, 3.8) is 0 Å². The Bertz CT molecular complexity index is 768. The summed E-state index contributed by atoms with van der Waals surface area (Å²) in [4.78, 5) is 24.0. The molecule has 0 bridgehead atoms. The lowest BCUT2D eigenvalue weighted by molar-refractivity contribution is -0.138. The average molecular weight is 341 g/mol. The molecule has 0 aliphatic carbocycles. The number of fused-ring (bicyclic) bond motifs is 1. The van der Waals surface area contributed by atoms with E-state index in [1.54, 1.807) is 0 Å². The van der Waals surface area contributed by atoms with E-state index in [1.165, 1.54) is 0 Å². The van der Waals surface area contributed by atoms with Crippen molar-refractivity contribution in [1.82, 2.24) is 5.32 Å². The Morgan fingerprint density at radius 1 is 1.24 bits per heavy atom. The van der Waals surface area contributed by atoms with Gasteiger partial charge in [0.15, 0.2) is 0 Å². The molecule has 1 saturated heterocycles. The Labute approximate surface area is 147 Å². The monoisotopic (exact) mass is 341 g/mol. The second kappa shape index (κ2) is 7.66. The molecule has 1 heterocycles. The summed E-state index contributed by atoms with van der Waals surface area (Å²) in [6.45, 7) is 2.52. The van der Waals surface area contributed by atoms with Gasteiger partial charge in [-0.2, -0.15) is 0 Å². The Kier molecular flexibility index (Phi) is 5.34. The molecular weight excluding hydrogens is 318 g/mol. The van der Waals surface area contributed by atoms with Gasteiger partial charge in [0.05, 0.1) is 18.6 Å². The van der Waals surface area contributed by atoms with E-state index in [1.807, 2.05) is 49.4 Å². The van der Waals surface area contributed by atoms with E-state index in [4.69, 9.17) is 4.74 Å². The van der Waals surface area contributed by atoms with Crippen LogP contribution in [-0.4, -0.2) is 29.7 Å². The summed E-state index contributed by atoms with van der Waals surface area (Å²) in [5, 5.41) is 14.3. The maximum atomic E-state index is 12.7. The Hall–Kier alpha value is -2.40. The third-order valence-corrected chi connectivity index (χ3v) is 4.75. The first-order valence-electron chi connectivity index (χ1n) is 8.66. The summed E-state index contributed by atoms with van der Waals surface area (Å²) in [5.41, 5.74) is 0.842. The standard InChI is InChI=1S/C20H23NO4/c1-13-11-15(9-10-25-13)20(24)21-18(12-19(22)23)17-8-4-6-14-5-2-3-7-16(14)17/h2-8,13,15,18H,9-12H2,1H3,(H,21,24)(H,22,23)/t13?,15?,18-/m1/s1. The second-order valence-electron chi connectivity index (χ2n) is 6.63. The number of benzene rings is 2. The number of hydrogen-bond acceptors (Lipinski definition) is 3. The van der Waals surface area contributed by atoms with E-state index < -0.39 is 12.0 Å². The molecule has 132 valence electrons. The Balaban J connectivity index is 1.86. The Morgan fingerprint density at radius 2 is 2.00 bits per heavy atom. The summed E-state index contributed by atoms with van der Waals surface area (Å²) in [7, 11) is 0. The number of carboxylic acids is 1. The minimum atomic E-state index is -0.932. The van der Waals surface area contributed by atoms with Crippen molar-refractivity contribution in [2.75, 3.05) is 6.61 Å². The van der Waals surface area contributed by atoms with Gasteiger partial charge < -0.3 is 15.2 Å². The number of nitrogens with one attached hydrogen (secondary N) is 1. The molecule has 0 saturated carbocycles. The molecule has 2 aromatic rings. The molecule has 1 fully saturated rings. The fourth-order valence-corrected chi connectivity index (χ4v) is 3.49. The minimum Gasteiger partial charge on any atom is -0.481 e. The molecule has 0 aromatic heterocycles. The quantitative estimate of drug-likeness (QED) is 0.875. The number of carboxylic acid groups (broad SMARTS) is 1. The molecule has 1 aliphatic heterocycles. The third kappa shape index (κ3) is 4.17. The van der Waals surface area contributed by atoms with Crippen LogP contribution < -0.4 is 5.32 Å². The molecule has 5 heteroatoms. The number of carbonyl (C=O) groups is 2. The van der Waals surface area contributed by atoms with Crippen LogP contribution in [0.15, 0.2) is 42.5 Å². The Morgan fingerprint density at radius 3 is 2.76 bits per heavy atom. The summed E-state index contributed by atoms with van der Waals surface area (Å²) in [5.74, 6) is -1.15. The molecule has 2 unspecified atom stereocenters. The van der Waals surface area contributed by atoms with Crippen molar-refractivity contribution in [3.05, 3.63) is 48.0 Å². The average Bonchev–Trinajstić information content (AvgIpc) is 2.60. The van der Waals surface area contributed by atoms with Crippen LogP contribution in [0.1, 0.15) is 37.8 Å². The van der Waals surface area contributed by atoms with E-state index in [0.29, 0.717) is 19.4 Å². The van der Waals surface area contributed by atoms with Crippen LogP contribution in [0.2, 0.25) is 0 Å². The van der Waals surface area contributed by atoms with Crippen LogP contribution in [0.4, 0.5) is 0 Å².